The first-order valence-electron chi connectivity index (χ1n) is 11.4. The molecule has 2 N–H and O–H groups in total. The van der Waals surface area contributed by atoms with Crippen molar-refractivity contribution >= 4 is 17.6 Å². The van der Waals surface area contributed by atoms with Crippen molar-refractivity contribution in [2.24, 2.45) is 0 Å². The van der Waals surface area contributed by atoms with Crippen LogP contribution in [0, 0.1) is 0 Å². The molecule has 0 aliphatic rings. The van der Waals surface area contributed by atoms with Crippen LogP contribution in [0.25, 0.3) is 0 Å². The summed E-state index contributed by atoms with van der Waals surface area (Å²) in [7, 11) is 1.29. The molecule has 2 rings (SSSR count). The first kappa shape index (κ1) is 26.6. The van der Waals surface area contributed by atoms with E-state index in [1.807, 2.05) is 32.1 Å². The predicted octanol–water partition coefficient (Wildman–Crippen LogP) is 6.14. The zero-order chi connectivity index (χ0) is 25.3. The normalized spacial score (nSPS) is 12.9. The summed E-state index contributed by atoms with van der Waals surface area (Å²) in [5.41, 5.74) is 1.80. The number of carbonyl (C=O) groups is 2. The molecule has 7 heteroatoms. The number of allylic oxidation sites excluding steroid dienone is 4. The molecule has 0 saturated heterocycles. The Kier molecular flexibility index (Phi) is 9.86. The Morgan fingerprint density at radius 3 is 2.44 bits per heavy atom. The molecular weight excluding hydrogens is 434 g/mol. The molecule has 2 aromatic rings. The summed E-state index contributed by atoms with van der Waals surface area (Å²) in [5, 5.41) is 13.0. The van der Waals surface area contributed by atoms with Crippen LogP contribution in [0.5, 0.6) is 5.75 Å². The Hall–Kier alpha value is -3.61. The highest BCUT2D eigenvalue weighted by Gasteiger charge is 2.22. The highest BCUT2D eigenvalue weighted by atomic mass is 16.5. The van der Waals surface area contributed by atoms with Gasteiger partial charge >= 0.3 is 11.7 Å². The zero-order valence-electron chi connectivity index (χ0n) is 20.4. The molecule has 0 fully saturated rings. The minimum absolute atomic E-state index is 0.233. The number of unbranched alkanes of at least 4 members (excludes halogenated alkanes) is 1. The Balaban J connectivity index is 2.16. The van der Waals surface area contributed by atoms with Crippen molar-refractivity contribution in [2.75, 3.05) is 12.4 Å². The third kappa shape index (κ3) is 7.47. The second kappa shape index (κ2) is 12.6. The lowest BCUT2D eigenvalue weighted by Crippen LogP contribution is -2.17. The average Bonchev–Trinajstić information content (AvgIpc) is 2.81. The molecule has 0 aliphatic carbocycles. The van der Waals surface area contributed by atoms with Gasteiger partial charge in [0.25, 0.3) is 0 Å². The van der Waals surface area contributed by atoms with E-state index in [0.717, 1.165) is 30.4 Å². The molecule has 7 nitrogen and oxygen atoms in total. The fraction of sp³-hybridized carbons (Fsp3) is 0.370. The largest absolute Gasteiger partial charge is 0.507 e. The number of rotatable bonds is 10. The van der Waals surface area contributed by atoms with Gasteiger partial charge in [-0.05, 0) is 56.4 Å². The van der Waals surface area contributed by atoms with E-state index < -0.39 is 17.5 Å². The molecule has 1 unspecified atom stereocenters. The minimum atomic E-state index is -0.857. The van der Waals surface area contributed by atoms with Gasteiger partial charge in [0.1, 0.15) is 17.1 Å². The molecule has 0 radical (unpaired) electrons. The SMILES string of the molecule is CCCC/C(C)=C/C=C(\C)C(=O)c1c(O)cc(C(C)Cc2ccc(NC(=O)OC)cc2)oc1=O. The number of hydrogen-bond donors (Lipinski definition) is 2. The number of aromatic hydroxyl groups is 1. The lowest BCUT2D eigenvalue weighted by molar-refractivity contribution is 0.102. The van der Waals surface area contributed by atoms with E-state index in [-0.39, 0.29) is 23.0 Å². The topological polar surface area (TPSA) is 106 Å². The van der Waals surface area contributed by atoms with Gasteiger partial charge in [-0.1, -0.05) is 50.1 Å². The first-order chi connectivity index (χ1) is 16.2. The summed E-state index contributed by atoms with van der Waals surface area (Å²) >= 11 is 0. The van der Waals surface area contributed by atoms with Crippen LogP contribution in [-0.2, 0) is 11.2 Å². The van der Waals surface area contributed by atoms with E-state index in [1.54, 1.807) is 25.1 Å². The van der Waals surface area contributed by atoms with Gasteiger partial charge in [0.15, 0.2) is 5.78 Å². The number of ketones is 1. The van der Waals surface area contributed by atoms with Crippen LogP contribution >= 0.6 is 0 Å². The number of anilines is 1. The number of benzene rings is 1. The molecular formula is C27H33NO6. The second-order valence-corrected chi connectivity index (χ2v) is 8.41. The number of hydrogen-bond acceptors (Lipinski definition) is 6. The van der Waals surface area contributed by atoms with Crippen LogP contribution < -0.4 is 10.9 Å². The van der Waals surface area contributed by atoms with Gasteiger partial charge in [0.05, 0.1) is 7.11 Å². The average molecular weight is 468 g/mol. The smallest absolute Gasteiger partial charge is 0.411 e. The fourth-order valence-electron chi connectivity index (χ4n) is 3.38. The van der Waals surface area contributed by atoms with Crippen LogP contribution in [-0.4, -0.2) is 24.1 Å². The van der Waals surface area contributed by atoms with Crippen molar-refractivity contribution in [3.05, 3.63) is 80.9 Å². The van der Waals surface area contributed by atoms with Crippen LogP contribution in [0.3, 0.4) is 0 Å². The molecule has 182 valence electrons. The standard InChI is InChI=1S/C27H33NO6/c1-6-7-8-17(2)9-10-18(3)25(30)24-22(29)16-23(34-26(24)31)19(4)15-20-11-13-21(14-12-20)28-27(32)33-5/h9-14,16,19,29H,6-8,15H2,1-5H3,(H,28,32)/b17-9+,18-10+. The molecule has 1 aromatic heterocycles. The molecule has 0 aliphatic heterocycles. The van der Waals surface area contributed by atoms with Crippen molar-refractivity contribution < 1.29 is 23.8 Å². The van der Waals surface area contributed by atoms with Gasteiger partial charge in [-0.25, -0.2) is 9.59 Å². The molecule has 0 saturated carbocycles. The Morgan fingerprint density at radius 1 is 1.18 bits per heavy atom. The van der Waals surface area contributed by atoms with Crippen LogP contribution in [0.2, 0.25) is 0 Å². The Labute approximate surface area is 200 Å². The van der Waals surface area contributed by atoms with E-state index in [9.17, 15) is 19.5 Å². The van der Waals surface area contributed by atoms with Crippen molar-refractivity contribution in [1.82, 2.24) is 0 Å². The molecule has 34 heavy (non-hydrogen) atoms. The molecule has 0 bridgehead atoms. The van der Waals surface area contributed by atoms with Gasteiger partial charge in [-0.3, -0.25) is 10.1 Å². The molecule has 1 aromatic carbocycles. The maximum atomic E-state index is 12.8. The summed E-state index contributed by atoms with van der Waals surface area (Å²) in [4.78, 5) is 36.6. The number of ether oxygens (including phenoxy) is 1. The summed E-state index contributed by atoms with van der Waals surface area (Å²) in [6, 6.07) is 8.48. The third-order valence-electron chi connectivity index (χ3n) is 5.49. The van der Waals surface area contributed by atoms with Gasteiger partial charge in [0, 0.05) is 17.7 Å². The monoisotopic (exact) mass is 467 g/mol. The molecule has 1 atom stereocenters. The van der Waals surface area contributed by atoms with Gasteiger partial charge in [0.2, 0.25) is 0 Å². The summed E-state index contributed by atoms with van der Waals surface area (Å²) < 4.78 is 9.97. The maximum Gasteiger partial charge on any atom is 0.411 e. The number of amides is 1. The fourth-order valence-corrected chi connectivity index (χ4v) is 3.38. The summed E-state index contributed by atoms with van der Waals surface area (Å²) in [6.45, 7) is 7.58. The van der Waals surface area contributed by atoms with Crippen molar-refractivity contribution in [3.63, 3.8) is 0 Å². The van der Waals surface area contributed by atoms with Crippen LogP contribution in [0.1, 0.15) is 74.6 Å². The van der Waals surface area contributed by atoms with Gasteiger partial charge < -0.3 is 14.3 Å². The molecule has 1 heterocycles. The van der Waals surface area contributed by atoms with E-state index in [4.69, 9.17) is 4.42 Å². The molecule has 0 spiro atoms. The predicted molar refractivity (Wildman–Crippen MR) is 133 cm³/mol. The lowest BCUT2D eigenvalue weighted by atomic mass is 9.97. The van der Waals surface area contributed by atoms with E-state index in [0.29, 0.717) is 17.7 Å². The number of Topliss-reactive ketones (excluding diaryl/α,β-unsaturated/α-hetero) is 1. The van der Waals surface area contributed by atoms with Crippen molar-refractivity contribution in [3.8, 4) is 5.75 Å². The van der Waals surface area contributed by atoms with Gasteiger partial charge in [-0.15, -0.1) is 0 Å². The summed E-state index contributed by atoms with van der Waals surface area (Å²) in [6.07, 6.45) is 6.60. The number of nitrogens with one attached hydrogen (secondary N) is 1. The highest BCUT2D eigenvalue weighted by Crippen LogP contribution is 2.26. The van der Waals surface area contributed by atoms with Crippen LogP contribution in [0.15, 0.2) is 62.8 Å². The van der Waals surface area contributed by atoms with E-state index in [1.165, 1.54) is 13.2 Å². The zero-order valence-corrected chi connectivity index (χ0v) is 20.4. The number of carbonyl (C=O) groups excluding carboxylic acids is 2. The Morgan fingerprint density at radius 2 is 1.85 bits per heavy atom. The Bertz CT molecular complexity index is 1120. The maximum absolute atomic E-state index is 12.8. The van der Waals surface area contributed by atoms with Gasteiger partial charge in [-0.2, -0.15) is 0 Å². The van der Waals surface area contributed by atoms with E-state index >= 15 is 0 Å². The highest BCUT2D eigenvalue weighted by molar-refractivity contribution is 6.09. The van der Waals surface area contributed by atoms with E-state index in [2.05, 4.69) is 17.0 Å². The number of methoxy groups -OCH3 is 1. The first-order valence-corrected chi connectivity index (χ1v) is 11.4. The van der Waals surface area contributed by atoms with Crippen molar-refractivity contribution in [2.45, 2.75) is 59.3 Å². The molecule has 1 amide bonds. The quantitative estimate of drug-likeness (QED) is 0.247. The summed E-state index contributed by atoms with van der Waals surface area (Å²) in [5.74, 6) is -0.894. The lowest BCUT2D eigenvalue weighted by Gasteiger charge is -2.12. The second-order valence-electron chi connectivity index (χ2n) is 8.41. The van der Waals surface area contributed by atoms with Crippen molar-refractivity contribution in [1.29, 1.82) is 0 Å². The van der Waals surface area contributed by atoms with Crippen LogP contribution in [0.4, 0.5) is 10.5 Å². The third-order valence-corrected chi connectivity index (χ3v) is 5.49. The minimum Gasteiger partial charge on any atom is -0.507 e.